The minimum absolute atomic E-state index is 0.620. The Balaban J connectivity index is 1.18. The summed E-state index contributed by atoms with van der Waals surface area (Å²) in [5, 5.41) is 4.98. The van der Waals surface area contributed by atoms with E-state index in [9.17, 15) is 0 Å². The maximum absolute atomic E-state index is 5.34. The Labute approximate surface area is 362 Å². The molecular weight excluding hydrogens is 773 g/mol. The first-order valence-corrected chi connectivity index (χ1v) is 21.7. The number of fused-ring (bicyclic) bond motifs is 7. The van der Waals surface area contributed by atoms with Crippen LogP contribution in [0.25, 0.3) is 115 Å². The third kappa shape index (κ3) is 6.01. The van der Waals surface area contributed by atoms with Crippen molar-refractivity contribution in [3.63, 3.8) is 0 Å². The molecule has 0 radical (unpaired) electrons. The molecule has 0 spiro atoms. The van der Waals surface area contributed by atoms with Crippen LogP contribution in [0.1, 0.15) is 0 Å². The Hall–Kier alpha value is -7.99. The van der Waals surface area contributed by atoms with Crippen LogP contribution in [0.15, 0.2) is 218 Å². The fourth-order valence-corrected chi connectivity index (χ4v) is 10.3. The molecule has 0 bridgehead atoms. The van der Waals surface area contributed by atoms with E-state index in [1.165, 1.54) is 53.1 Å². The van der Waals surface area contributed by atoms with Crippen LogP contribution < -0.4 is 0 Å². The van der Waals surface area contributed by atoms with Crippen LogP contribution in [-0.2, 0) is 0 Å². The minimum Gasteiger partial charge on any atom is -0.309 e. The Morgan fingerprint density at radius 1 is 0.306 bits per heavy atom. The van der Waals surface area contributed by atoms with Crippen LogP contribution in [-0.4, -0.2) is 19.5 Å². The summed E-state index contributed by atoms with van der Waals surface area (Å²) in [5.41, 5.74) is 13.1. The molecule has 290 valence electrons. The summed E-state index contributed by atoms with van der Waals surface area (Å²) in [6, 6.07) is 77.4. The van der Waals surface area contributed by atoms with Gasteiger partial charge >= 0.3 is 0 Å². The Kier molecular flexibility index (Phi) is 8.65. The van der Waals surface area contributed by atoms with Gasteiger partial charge in [-0.2, -0.15) is 0 Å². The first-order valence-electron chi connectivity index (χ1n) is 20.9. The molecule has 62 heavy (non-hydrogen) atoms. The van der Waals surface area contributed by atoms with E-state index in [-0.39, 0.29) is 0 Å². The van der Waals surface area contributed by atoms with Gasteiger partial charge in [0, 0.05) is 53.3 Å². The summed E-state index contributed by atoms with van der Waals surface area (Å²) in [7, 11) is 0. The largest absolute Gasteiger partial charge is 0.309 e. The van der Waals surface area contributed by atoms with Gasteiger partial charge in [0.1, 0.15) is 0 Å². The monoisotopic (exact) mass is 808 g/mol. The van der Waals surface area contributed by atoms with Gasteiger partial charge in [0.2, 0.25) is 0 Å². The number of hydrogen-bond donors (Lipinski definition) is 0. The van der Waals surface area contributed by atoms with Gasteiger partial charge in [-0.15, -0.1) is 11.3 Å². The molecule has 0 fully saturated rings. The predicted octanol–water partition coefficient (Wildman–Crippen LogP) is 15.3. The lowest BCUT2D eigenvalue weighted by Crippen LogP contribution is -2.01. The van der Waals surface area contributed by atoms with Crippen LogP contribution >= 0.6 is 11.3 Å². The Morgan fingerprint density at radius 3 is 1.55 bits per heavy atom. The molecule has 0 amide bonds. The van der Waals surface area contributed by atoms with Crippen molar-refractivity contribution < 1.29 is 0 Å². The Bertz CT molecular complexity index is 3560. The second-order valence-electron chi connectivity index (χ2n) is 15.5. The lowest BCUT2D eigenvalue weighted by Gasteiger charge is -2.16. The zero-order valence-corrected chi connectivity index (χ0v) is 34.3. The van der Waals surface area contributed by atoms with E-state index >= 15 is 0 Å². The summed E-state index contributed by atoms with van der Waals surface area (Å²) < 4.78 is 4.89. The summed E-state index contributed by atoms with van der Waals surface area (Å²) >= 11 is 1.85. The van der Waals surface area contributed by atoms with Crippen molar-refractivity contribution in [1.29, 1.82) is 0 Å². The van der Waals surface area contributed by atoms with Crippen LogP contribution in [0.3, 0.4) is 0 Å². The van der Waals surface area contributed by atoms with Gasteiger partial charge in [0.15, 0.2) is 17.5 Å². The molecule has 3 aromatic heterocycles. The van der Waals surface area contributed by atoms with Crippen molar-refractivity contribution >= 4 is 53.3 Å². The van der Waals surface area contributed by atoms with Crippen LogP contribution in [0.2, 0.25) is 0 Å². The molecule has 0 aliphatic rings. The molecule has 0 atom stereocenters. The fourth-order valence-electron chi connectivity index (χ4n) is 9.11. The van der Waals surface area contributed by atoms with E-state index in [4.69, 9.17) is 15.0 Å². The molecule has 0 aliphatic heterocycles. The normalized spacial score (nSPS) is 11.5. The molecule has 3 heterocycles. The molecular formula is C57H36N4S. The first-order chi connectivity index (χ1) is 30.8. The minimum atomic E-state index is 0.620. The molecule has 4 nitrogen and oxygen atoms in total. The molecule has 9 aromatic carbocycles. The molecule has 0 N–H and O–H groups in total. The van der Waals surface area contributed by atoms with Gasteiger partial charge in [-0.3, -0.25) is 0 Å². The molecule has 12 rings (SSSR count). The topological polar surface area (TPSA) is 43.6 Å². The highest BCUT2D eigenvalue weighted by Gasteiger charge is 2.23. The van der Waals surface area contributed by atoms with Crippen molar-refractivity contribution in [2.24, 2.45) is 0 Å². The highest BCUT2D eigenvalue weighted by molar-refractivity contribution is 7.26. The zero-order chi connectivity index (χ0) is 41.0. The lowest BCUT2D eigenvalue weighted by atomic mass is 9.89. The highest BCUT2D eigenvalue weighted by Crippen LogP contribution is 2.48. The number of aromatic nitrogens is 4. The number of benzene rings is 9. The number of para-hydroxylation sites is 2. The number of nitrogens with zero attached hydrogens (tertiary/aromatic N) is 4. The average Bonchev–Trinajstić information content (AvgIpc) is 3.91. The first kappa shape index (κ1) is 35.9. The molecule has 5 heteroatoms. The zero-order valence-electron chi connectivity index (χ0n) is 33.5. The number of hydrogen-bond acceptors (Lipinski definition) is 4. The van der Waals surface area contributed by atoms with Crippen molar-refractivity contribution in [3.8, 4) is 73.2 Å². The third-order valence-corrected chi connectivity index (χ3v) is 13.0. The fraction of sp³-hybridized carbons (Fsp3) is 0. The van der Waals surface area contributed by atoms with E-state index in [0.717, 1.165) is 44.6 Å². The molecule has 12 aromatic rings. The van der Waals surface area contributed by atoms with E-state index in [1.54, 1.807) is 0 Å². The average molecular weight is 809 g/mol. The predicted molar refractivity (Wildman–Crippen MR) is 260 cm³/mol. The summed E-state index contributed by atoms with van der Waals surface area (Å²) in [6.45, 7) is 0. The van der Waals surface area contributed by atoms with Gasteiger partial charge in [0.05, 0.1) is 11.0 Å². The number of thiophene rings is 1. The molecule has 0 unspecified atom stereocenters. The van der Waals surface area contributed by atoms with Crippen molar-refractivity contribution in [3.05, 3.63) is 218 Å². The van der Waals surface area contributed by atoms with Crippen LogP contribution in [0, 0.1) is 0 Å². The second-order valence-corrected chi connectivity index (χ2v) is 16.6. The van der Waals surface area contributed by atoms with Gasteiger partial charge in [0.25, 0.3) is 0 Å². The summed E-state index contributed by atoms with van der Waals surface area (Å²) in [6.07, 6.45) is 0. The van der Waals surface area contributed by atoms with Gasteiger partial charge in [-0.05, 0) is 75.8 Å². The molecule has 0 saturated heterocycles. The standard InChI is InChI=1S/C57H36N4S/c1-5-18-37(19-6-1)42-26-13-14-27-43(42)40-32-33-44(47(36-40)57-59-55(38-20-7-2-8-21-38)58-56(60-57)39-22-9-3-10-23-39)45-29-17-31-50-53(45)54-51(62-50)35-34-49-52(54)46-28-15-16-30-48(46)61(49)41-24-11-4-12-25-41/h1-36H. The number of rotatable bonds is 7. The quantitative estimate of drug-likeness (QED) is 0.161. The summed E-state index contributed by atoms with van der Waals surface area (Å²) in [4.78, 5) is 15.8. The highest BCUT2D eigenvalue weighted by atomic mass is 32.1. The van der Waals surface area contributed by atoms with E-state index < -0.39 is 0 Å². The van der Waals surface area contributed by atoms with Crippen molar-refractivity contribution in [2.75, 3.05) is 0 Å². The maximum atomic E-state index is 5.34. The second kappa shape index (κ2) is 14.9. The lowest BCUT2D eigenvalue weighted by molar-refractivity contribution is 1.07. The van der Waals surface area contributed by atoms with Gasteiger partial charge in [-0.25, -0.2) is 15.0 Å². The third-order valence-electron chi connectivity index (χ3n) is 11.9. The van der Waals surface area contributed by atoms with E-state index in [2.05, 4.69) is 187 Å². The van der Waals surface area contributed by atoms with Crippen molar-refractivity contribution in [2.45, 2.75) is 0 Å². The van der Waals surface area contributed by atoms with Gasteiger partial charge < -0.3 is 4.57 Å². The maximum Gasteiger partial charge on any atom is 0.164 e. The SMILES string of the molecule is c1ccc(-c2nc(-c3ccccc3)nc(-c3cc(-c4ccccc4-c4ccccc4)ccc3-c3cccc4sc5ccc6c(c7ccccc7n6-c6ccccc6)c5c34)n2)cc1. The molecule has 0 saturated carbocycles. The molecule has 0 aliphatic carbocycles. The van der Waals surface area contributed by atoms with Crippen LogP contribution in [0.4, 0.5) is 0 Å². The van der Waals surface area contributed by atoms with Gasteiger partial charge in [-0.1, -0.05) is 176 Å². The van der Waals surface area contributed by atoms with Crippen LogP contribution in [0.5, 0.6) is 0 Å². The van der Waals surface area contributed by atoms with E-state index in [1.807, 2.05) is 47.7 Å². The smallest absolute Gasteiger partial charge is 0.164 e. The Morgan fingerprint density at radius 2 is 0.855 bits per heavy atom. The summed E-state index contributed by atoms with van der Waals surface area (Å²) in [5.74, 6) is 1.88. The van der Waals surface area contributed by atoms with E-state index in [0.29, 0.717) is 17.5 Å². The van der Waals surface area contributed by atoms with Crippen molar-refractivity contribution in [1.82, 2.24) is 19.5 Å².